The van der Waals surface area contributed by atoms with Crippen molar-refractivity contribution < 1.29 is 9.66 Å². The van der Waals surface area contributed by atoms with Crippen LogP contribution in [0.4, 0.5) is 11.5 Å². The predicted molar refractivity (Wildman–Crippen MR) is 85.6 cm³/mol. The maximum atomic E-state index is 10.7. The molecule has 0 fully saturated rings. The van der Waals surface area contributed by atoms with Crippen LogP contribution in [0.3, 0.4) is 0 Å². The number of ether oxygens (including phenoxy) is 1. The number of anilines is 1. The van der Waals surface area contributed by atoms with Gasteiger partial charge in [-0.1, -0.05) is 17.7 Å². The minimum Gasteiger partial charge on any atom is -0.492 e. The largest absolute Gasteiger partial charge is 0.492 e. The molecule has 116 valence electrons. The number of aryl methyl sites for hydroxylation is 2. The molecular weight excluding hydrogens is 282 g/mol. The van der Waals surface area contributed by atoms with Crippen LogP contribution in [0.15, 0.2) is 36.5 Å². The molecule has 0 aliphatic carbocycles. The number of nitro groups is 1. The number of likely N-dealkylation sites (N-methyl/N-ethyl adjacent to an activating group) is 1. The second kappa shape index (κ2) is 6.89. The van der Waals surface area contributed by atoms with Crippen LogP contribution in [0.25, 0.3) is 0 Å². The first-order valence-electron chi connectivity index (χ1n) is 6.99. The van der Waals surface area contributed by atoms with Crippen molar-refractivity contribution in [2.75, 3.05) is 25.1 Å². The predicted octanol–water partition coefficient (Wildman–Crippen LogP) is 3.12. The van der Waals surface area contributed by atoms with Crippen LogP contribution in [0.2, 0.25) is 0 Å². The van der Waals surface area contributed by atoms with Crippen molar-refractivity contribution in [1.82, 2.24) is 4.98 Å². The van der Waals surface area contributed by atoms with Crippen molar-refractivity contribution in [3.8, 4) is 5.75 Å². The quantitative estimate of drug-likeness (QED) is 0.605. The summed E-state index contributed by atoms with van der Waals surface area (Å²) in [5.41, 5.74) is 1.97. The van der Waals surface area contributed by atoms with Gasteiger partial charge in [0.15, 0.2) is 0 Å². The van der Waals surface area contributed by atoms with E-state index in [2.05, 4.69) is 4.98 Å². The first kappa shape index (κ1) is 15.8. The molecule has 6 nitrogen and oxygen atoms in total. The molecule has 2 aromatic rings. The van der Waals surface area contributed by atoms with Gasteiger partial charge in [0.1, 0.15) is 24.4 Å². The summed E-state index contributed by atoms with van der Waals surface area (Å²) in [4.78, 5) is 16.4. The van der Waals surface area contributed by atoms with E-state index in [-0.39, 0.29) is 5.69 Å². The molecule has 0 aliphatic heterocycles. The lowest BCUT2D eigenvalue weighted by molar-refractivity contribution is -0.385. The van der Waals surface area contributed by atoms with Gasteiger partial charge in [0.05, 0.1) is 11.5 Å². The first-order chi connectivity index (χ1) is 10.5. The second-order valence-electron chi connectivity index (χ2n) is 5.17. The Morgan fingerprint density at radius 2 is 1.95 bits per heavy atom. The number of nitrogens with zero attached hydrogens (tertiary/aromatic N) is 3. The maximum Gasteiger partial charge on any atom is 0.287 e. The molecule has 1 aromatic heterocycles. The van der Waals surface area contributed by atoms with Crippen molar-refractivity contribution >= 4 is 11.5 Å². The Labute approximate surface area is 129 Å². The first-order valence-corrected chi connectivity index (χ1v) is 6.99. The average Bonchev–Trinajstić information content (AvgIpc) is 2.49. The summed E-state index contributed by atoms with van der Waals surface area (Å²) < 4.78 is 5.68. The van der Waals surface area contributed by atoms with Crippen molar-refractivity contribution in [2.45, 2.75) is 13.8 Å². The molecule has 0 atom stereocenters. The van der Waals surface area contributed by atoms with E-state index in [0.29, 0.717) is 13.2 Å². The topological polar surface area (TPSA) is 68.5 Å². The maximum absolute atomic E-state index is 10.7. The van der Waals surface area contributed by atoms with E-state index in [1.165, 1.54) is 17.8 Å². The molecule has 0 N–H and O–H groups in total. The number of rotatable bonds is 6. The minimum atomic E-state index is -0.440. The van der Waals surface area contributed by atoms with Crippen LogP contribution in [0.1, 0.15) is 11.1 Å². The number of aromatic nitrogens is 1. The molecule has 0 aliphatic rings. The Hall–Kier alpha value is -2.63. The summed E-state index contributed by atoms with van der Waals surface area (Å²) >= 11 is 0. The zero-order chi connectivity index (χ0) is 16.1. The Morgan fingerprint density at radius 1 is 1.27 bits per heavy atom. The molecule has 0 bridgehead atoms. The van der Waals surface area contributed by atoms with Gasteiger partial charge in [-0.25, -0.2) is 4.98 Å². The van der Waals surface area contributed by atoms with Gasteiger partial charge in [0.25, 0.3) is 5.69 Å². The van der Waals surface area contributed by atoms with Gasteiger partial charge < -0.3 is 9.64 Å². The fourth-order valence-corrected chi connectivity index (χ4v) is 2.09. The van der Waals surface area contributed by atoms with Crippen LogP contribution >= 0.6 is 0 Å². The van der Waals surface area contributed by atoms with Gasteiger partial charge in [-0.05, 0) is 31.5 Å². The van der Waals surface area contributed by atoms with E-state index < -0.39 is 4.92 Å². The molecule has 0 saturated carbocycles. The monoisotopic (exact) mass is 301 g/mol. The van der Waals surface area contributed by atoms with Crippen LogP contribution in [0, 0.1) is 24.0 Å². The van der Waals surface area contributed by atoms with E-state index >= 15 is 0 Å². The van der Waals surface area contributed by atoms with Gasteiger partial charge in [0.2, 0.25) is 0 Å². The highest BCUT2D eigenvalue weighted by atomic mass is 16.6. The third-order valence-corrected chi connectivity index (χ3v) is 3.32. The van der Waals surface area contributed by atoms with E-state index in [0.717, 1.165) is 17.1 Å². The number of hydrogen-bond acceptors (Lipinski definition) is 5. The summed E-state index contributed by atoms with van der Waals surface area (Å²) in [5.74, 6) is 1.55. The third kappa shape index (κ3) is 3.94. The molecule has 6 heteroatoms. The zero-order valence-corrected chi connectivity index (χ0v) is 12.9. The molecule has 0 unspecified atom stereocenters. The smallest absolute Gasteiger partial charge is 0.287 e. The fourth-order valence-electron chi connectivity index (χ4n) is 2.09. The van der Waals surface area contributed by atoms with E-state index in [1.807, 2.05) is 50.1 Å². The molecule has 0 saturated heterocycles. The van der Waals surface area contributed by atoms with Gasteiger partial charge >= 0.3 is 0 Å². The Balaban J connectivity index is 1.93. The zero-order valence-electron chi connectivity index (χ0n) is 12.9. The summed E-state index contributed by atoms with van der Waals surface area (Å²) in [7, 11) is 1.89. The molecule has 0 amide bonds. The normalized spacial score (nSPS) is 10.3. The van der Waals surface area contributed by atoms with E-state index in [1.54, 1.807) is 0 Å². The SMILES string of the molecule is Cc1ccc(OCCN(C)c2ncc([N+](=O)[O-])cc2C)cc1. The minimum absolute atomic E-state index is 0.00514. The van der Waals surface area contributed by atoms with Gasteiger partial charge in [-0.3, -0.25) is 10.1 Å². The highest BCUT2D eigenvalue weighted by Crippen LogP contribution is 2.20. The van der Waals surface area contributed by atoms with Gasteiger partial charge in [-0.15, -0.1) is 0 Å². The molecule has 1 aromatic carbocycles. The fraction of sp³-hybridized carbons (Fsp3) is 0.312. The Bertz CT molecular complexity index is 656. The molecular formula is C16H19N3O3. The number of pyridine rings is 1. The van der Waals surface area contributed by atoms with Crippen molar-refractivity contribution in [1.29, 1.82) is 0 Å². The van der Waals surface area contributed by atoms with Crippen LogP contribution in [0.5, 0.6) is 5.75 Å². The average molecular weight is 301 g/mol. The summed E-state index contributed by atoms with van der Waals surface area (Å²) in [6.45, 7) is 4.99. The Kier molecular flexibility index (Phi) is 4.93. The van der Waals surface area contributed by atoms with Crippen LogP contribution in [-0.2, 0) is 0 Å². The van der Waals surface area contributed by atoms with Crippen molar-refractivity contribution in [2.24, 2.45) is 0 Å². The number of hydrogen-bond donors (Lipinski definition) is 0. The molecule has 0 radical (unpaired) electrons. The Morgan fingerprint density at radius 3 is 2.55 bits per heavy atom. The molecule has 2 rings (SSSR count). The lowest BCUT2D eigenvalue weighted by Crippen LogP contribution is -2.25. The number of benzene rings is 1. The summed E-state index contributed by atoms with van der Waals surface area (Å²) in [5, 5.41) is 10.7. The molecule has 22 heavy (non-hydrogen) atoms. The van der Waals surface area contributed by atoms with E-state index in [4.69, 9.17) is 4.74 Å². The standard InChI is InChI=1S/C16H19N3O3/c1-12-4-6-15(7-5-12)22-9-8-18(3)16-13(2)10-14(11-17-16)19(20)21/h4-7,10-11H,8-9H2,1-3H3. The molecule has 1 heterocycles. The second-order valence-corrected chi connectivity index (χ2v) is 5.17. The van der Waals surface area contributed by atoms with Crippen LogP contribution in [-0.4, -0.2) is 30.1 Å². The molecule has 0 spiro atoms. The van der Waals surface area contributed by atoms with Crippen molar-refractivity contribution in [3.63, 3.8) is 0 Å². The van der Waals surface area contributed by atoms with E-state index in [9.17, 15) is 10.1 Å². The lowest BCUT2D eigenvalue weighted by Gasteiger charge is -2.20. The van der Waals surface area contributed by atoms with Crippen LogP contribution < -0.4 is 9.64 Å². The lowest BCUT2D eigenvalue weighted by atomic mass is 10.2. The highest BCUT2D eigenvalue weighted by molar-refractivity contribution is 5.49. The highest BCUT2D eigenvalue weighted by Gasteiger charge is 2.12. The van der Waals surface area contributed by atoms with Crippen molar-refractivity contribution in [3.05, 3.63) is 57.8 Å². The third-order valence-electron chi connectivity index (χ3n) is 3.32. The van der Waals surface area contributed by atoms with Gasteiger partial charge in [0, 0.05) is 13.1 Å². The van der Waals surface area contributed by atoms with Gasteiger partial charge in [-0.2, -0.15) is 0 Å². The summed E-state index contributed by atoms with van der Waals surface area (Å²) in [6, 6.07) is 9.40. The summed E-state index contributed by atoms with van der Waals surface area (Å²) in [6.07, 6.45) is 1.28.